The van der Waals surface area contributed by atoms with Crippen LogP contribution >= 0.6 is 0 Å². The van der Waals surface area contributed by atoms with Gasteiger partial charge in [-0.05, 0) is 48.9 Å². The summed E-state index contributed by atoms with van der Waals surface area (Å²) in [5.74, 6) is 11.6. The van der Waals surface area contributed by atoms with Crippen molar-refractivity contribution in [3.8, 4) is 23.7 Å². The van der Waals surface area contributed by atoms with E-state index in [4.69, 9.17) is 0 Å². The maximum absolute atomic E-state index is 12.0. The number of carbonyl (C=O) groups is 1. The van der Waals surface area contributed by atoms with Gasteiger partial charge in [-0.15, -0.1) is 0 Å². The van der Waals surface area contributed by atoms with Crippen molar-refractivity contribution in [3.05, 3.63) is 65.7 Å². The number of amides is 1. The van der Waals surface area contributed by atoms with Gasteiger partial charge in [0.15, 0.2) is 0 Å². The fourth-order valence-corrected chi connectivity index (χ4v) is 2.14. The average molecular weight is 314 g/mol. The molecule has 1 amide bonds. The normalized spacial score (nSPS) is 12.3. The van der Waals surface area contributed by atoms with Crippen LogP contribution < -0.4 is 10.6 Å². The molecular formula is C21H18N2O. The molecule has 2 aromatic rings. The van der Waals surface area contributed by atoms with Gasteiger partial charge in [0.1, 0.15) is 0 Å². The second-order valence-electron chi connectivity index (χ2n) is 5.61. The molecule has 2 aromatic carbocycles. The lowest BCUT2D eigenvalue weighted by Gasteiger charge is -2.07. The topological polar surface area (TPSA) is 41.1 Å². The average Bonchev–Trinajstić information content (AvgIpc) is 3.44. The van der Waals surface area contributed by atoms with Crippen molar-refractivity contribution in [2.24, 2.45) is 0 Å². The Balaban J connectivity index is 1.64. The van der Waals surface area contributed by atoms with Crippen LogP contribution in [0.2, 0.25) is 0 Å². The SMILES string of the molecule is O=C(CNC1CC1)Nc1ccccc1C#CC#Cc1ccccc1. The van der Waals surface area contributed by atoms with Gasteiger partial charge in [0.25, 0.3) is 0 Å². The van der Waals surface area contributed by atoms with Gasteiger partial charge in [0.2, 0.25) is 5.91 Å². The van der Waals surface area contributed by atoms with Crippen molar-refractivity contribution in [2.45, 2.75) is 18.9 Å². The number of anilines is 1. The molecule has 3 heteroatoms. The Morgan fingerprint density at radius 2 is 1.67 bits per heavy atom. The molecule has 1 fully saturated rings. The first-order valence-electron chi connectivity index (χ1n) is 8.00. The minimum atomic E-state index is -0.0495. The molecule has 3 rings (SSSR count). The van der Waals surface area contributed by atoms with E-state index in [0.717, 1.165) is 24.0 Å². The first kappa shape index (κ1) is 15.9. The van der Waals surface area contributed by atoms with Gasteiger partial charge in [-0.2, -0.15) is 0 Å². The molecule has 0 aliphatic heterocycles. The number of para-hydroxylation sites is 1. The number of nitrogens with one attached hydrogen (secondary N) is 2. The Bertz CT molecular complexity index is 831. The van der Waals surface area contributed by atoms with Gasteiger partial charge in [-0.25, -0.2) is 0 Å². The van der Waals surface area contributed by atoms with Gasteiger partial charge in [-0.3, -0.25) is 4.79 Å². The minimum absolute atomic E-state index is 0.0495. The highest BCUT2D eigenvalue weighted by Crippen LogP contribution is 2.18. The van der Waals surface area contributed by atoms with Crippen LogP contribution in [0.3, 0.4) is 0 Å². The van der Waals surface area contributed by atoms with Crippen LogP contribution in [0.4, 0.5) is 5.69 Å². The summed E-state index contributed by atoms with van der Waals surface area (Å²) in [6.45, 7) is 0.334. The number of hydrogen-bond donors (Lipinski definition) is 2. The van der Waals surface area contributed by atoms with E-state index >= 15 is 0 Å². The largest absolute Gasteiger partial charge is 0.324 e. The fraction of sp³-hybridized carbons (Fsp3) is 0.190. The van der Waals surface area contributed by atoms with Gasteiger partial charge in [0, 0.05) is 17.2 Å². The predicted octanol–water partition coefficient (Wildman–Crippen LogP) is 2.78. The summed E-state index contributed by atoms with van der Waals surface area (Å²) in [6, 6.07) is 17.7. The van der Waals surface area contributed by atoms with Crippen LogP contribution in [-0.4, -0.2) is 18.5 Å². The molecule has 24 heavy (non-hydrogen) atoms. The molecule has 2 N–H and O–H groups in total. The summed E-state index contributed by atoms with van der Waals surface area (Å²) in [5.41, 5.74) is 2.41. The van der Waals surface area contributed by atoms with E-state index < -0.39 is 0 Å². The Hall–Kier alpha value is -3.01. The lowest BCUT2D eigenvalue weighted by Crippen LogP contribution is -2.29. The third kappa shape index (κ3) is 5.02. The smallest absolute Gasteiger partial charge is 0.238 e. The molecule has 1 aliphatic carbocycles. The number of hydrogen-bond acceptors (Lipinski definition) is 2. The number of rotatable bonds is 4. The predicted molar refractivity (Wildman–Crippen MR) is 96.3 cm³/mol. The molecule has 0 spiro atoms. The second kappa shape index (κ2) is 8.02. The van der Waals surface area contributed by atoms with E-state index in [1.807, 2.05) is 54.6 Å². The minimum Gasteiger partial charge on any atom is -0.324 e. The first-order valence-corrected chi connectivity index (χ1v) is 8.00. The van der Waals surface area contributed by atoms with Crippen molar-refractivity contribution in [1.29, 1.82) is 0 Å². The van der Waals surface area contributed by atoms with E-state index in [2.05, 4.69) is 34.3 Å². The number of carbonyl (C=O) groups excluding carboxylic acids is 1. The van der Waals surface area contributed by atoms with Gasteiger partial charge < -0.3 is 10.6 Å². The van der Waals surface area contributed by atoms with Crippen molar-refractivity contribution in [2.75, 3.05) is 11.9 Å². The molecule has 0 unspecified atom stereocenters. The van der Waals surface area contributed by atoms with Crippen molar-refractivity contribution < 1.29 is 4.79 Å². The Morgan fingerprint density at radius 1 is 0.958 bits per heavy atom. The maximum Gasteiger partial charge on any atom is 0.238 e. The second-order valence-corrected chi connectivity index (χ2v) is 5.61. The van der Waals surface area contributed by atoms with Crippen molar-refractivity contribution in [1.82, 2.24) is 5.32 Å². The van der Waals surface area contributed by atoms with Crippen LogP contribution in [0.25, 0.3) is 0 Å². The first-order chi connectivity index (χ1) is 11.8. The zero-order valence-electron chi connectivity index (χ0n) is 13.3. The highest BCUT2D eigenvalue weighted by atomic mass is 16.1. The van der Waals surface area contributed by atoms with E-state index in [9.17, 15) is 4.79 Å². The van der Waals surface area contributed by atoms with Gasteiger partial charge in [-0.1, -0.05) is 42.2 Å². The van der Waals surface area contributed by atoms with Crippen molar-refractivity contribution >= 4 is 11.6 Å². The standard InChI is InChI=1S/C21H18N2O/c24-21(16-22-19-14-15-19)23-20-13-7-6-12-18(20)11-5-4-10-17-8-2-1-3-9-17/h1-3,6-9,12-13,19,22H,14-16H2,(H,23,24). The molecule has 1 aliphatic rings. The zero-order valence-corrected chi connectivity index (χ0v) is 13.3. The molecule has 0 radical (unpaired) electrons. The molecule has 1 saturated carbocycles. The molecule has 0 aromatic heterocycles. The Morgan fingerprint density at radius 3 is 2.46 bits per heavy atom. The fourth-order valence-electron chi connectivity index (χ4n) is 2.14. The third-order valence-corrected chi connectivity index (χ3v) is 3.57. The molecule has 0 heterocycles. The van der Waals surface area contributed by atoms with Gasteiger partial charge in [0.05, 0.1) is 12.2 Å². The summed E-state index contributed by atoms with van der Waals surface area (Å²) in [5, 5.41) is 6.10. The summed E-state index contributed by atoms with van der Waals surface area (Å²) in [7, 11) is 0. The highest BCUT2D eigenvalue weighted by molar-refractivity contribution is 5.93. The molecule has 0 saturated heterocycles. The van der Waals surface area contributed by atoms with Crippen LogP contribution in [0.5, 0.6) is 0 Å². The maximum atomic E-state index is 12.0. The van der Waals surface area contributed by atoms with Gasteiger partial charge >= 0.3 is 0 Å². The molecule has 0 atom stereocenters. The lowest BCUT2D eigenvalue weighted by atomic mass is 10.2. The van der Waals surface area contributed by atoms with Crippen LogP contribution in [0, 0.1) is 23.7 Å². The van der Waals surface area contributed by atoms with Crippen molar-refractivity contribution in [3.63, 3.8) is 0 Å². The van der Waals surface area contributed by atoms with E-state index in [1.54, 1.807) is 0 Å². The Labute approximate surface area is 142 Å². The van der Waals surface area contributed by atoms with Crippen LogP contribution in [0.15, 0.2) is 54.6 Å². The highest BCUT2D eigenvalue weighted by Gasteiger charge is 2.21. The zero-order chi connectivity index (χ0) is 16.6. The monoisotopic (exact) mass is 314 g/mol. The van der Waals surface area contributed by atoms with E-state index in [1.165, 1.54) is 0 Å². The third-order valence-electron chi connectivity index (χ3n) is 3.57. The van der Waals surface area contributed by atoms with Crippen LogP contribution in [0.1, 0.15) is 24.0 Å². The quantitative estimate of drug-likeness (QED) is 0.852. The Kier molecular flexibility index (Phi) is 5.30. The molecule has 0 bridgehead atoms. The summed E-state index contributed by atoms with van der Waals surface area (Å²) in [6.07, 6.45) is 2.32. The van der Waals surface area contributed by atoms with E-state index in [-0.39, 0.29) is 5.91 Å². The van der Waals surface area contributed by atoms with Crippen LogP contribution in [-0.2, 0) is 4.79 Å². The lowest BCUT2D eigenvalue weighted by molar-refractivity contribution is -0.115. The summed E-state index contributed by atoms with van der Waals surface area (Å²) in [4.78, 5) is 12.0. The number of benzene rings is 2. The molecule has 3 nitrogen and oxygen atoms in total. The summed E-state index contributed by atoms with van der Waals surface area (Å²) >= 11 is 0. The summed E-state index contributed by atoms with van der Waals surface area (Å²) < 4.78 is 0. The van der Waals surface area contributed by atoms with E-state index in [0.29, 0.717) is 18.3 Å². The molecular weight excluding hydrogens is 296 g/mol. The molecule has 118 valence electrons.